The number of aryl methyl sites for hydroxylation is 2. The lowest BCUT2D eigenvalue weighted by Gasteiger charge is -2.25. The smallest absolute Gasteiger partial charge is 0.243 e. The molecule has 0 unspecified atom stereocenters. The van der Waals surface area contributed by atoms with E-state index in [4.69, 9.17) is 0 Å². The molecular formula is C25H31N3O3S. The largest absolute Gasteiger partial charge is 0.356 e. The minimum atomic E-state index is -3.45. The van der Waals surface area contributed by atoms with E-state index in [9.17, 15) is 13.2 Å². The maximum absolute atomic E-state index is 12.9. The molecule has 170 valence electrons. The molecule has 0 aliphatic carbocycles. The highest BCUT2D eigenvalue weighted by Gasteiger charge is 2.26. The summed E-state index contributed by atoms with van der Waals surface area (Å²) in [4.78, 5) is 12.6. The first-order chi connectivity index (χ1) is 15.4. The number of sulfonamides is 1. The second kappa shape index (κ2) is 9.88. The van der Waals surface area contributed by atoms with E-state index in [1.165, 1.54) is 11.1 Å². The molecule has 1 aliphatic heterocycles. The molecular weight excluding hydrogens is 422 g/mol. The molecule has 3 aromatic rings. The SMILES string of the molecule is Cc1ccccc1CCNC(=O)CCn1ccc2cc(S(=O)(=O)N3CCCCC3)ccc21. The van der Waals surface area contributed by atoms with Gasteiger partial charge in [-0.05, 0) is 61.6 Å². The van der Waals surface area contributed by atoms with E-state index in [0.29, 0.717) is 37.5 Å². The number of benzene rings is 2. The number of amides is 1. The third-order valence-corrected chi connectivity index (χ3v) is 8.15. The lowest BCUT2D eigenvalue weighted by atomic mass is 10.1. The van der Waals surface area contributed by atoms with Crippen LogP contribution in [-0.2, 0) is 27.8 Å². The van der Waals surface area contributed by atoms with Gasteiger partial charge in [-0.25, -0.2) is 8.42 Å². The monoisotopic (exact) mass is 453 g/mol. The number of piperidine rings is 1. The van der Waals surface area contributed by atoms with Crippen molar-refractivity contribution in [3.63, 3.8) is 0 Å². The molecule has 6 nitrogen and oxygen atoms in total. The molecule has 0 bridgehead atoms. The Labute approximate surface area is 190 Å². The fourth-order valence-corrected chi connectivity index (χ4v) is 5.88. The third-order valence-electron chi connectivity index (χ3n) is 6.25. The van der Waals surface area contributed by atoms with Gasteiger partial charge in [-0.15, -0.1) is 0 Å². The molecule has 0 saturated carbocycles. The van der Waals surface area contributed by atoms with E-state index < -0.39 is 10.0 Å². The lowest BCUT2D eigenvalue weighted by Crippen LogP contribution is -2.35. The van der Waals surface area contributed by atoms with Crippen molar-refractivity contribution in [2.75, 3.05) is 19.6 Å². The van der Waals surface area contributed by atoms with Gasteiger partial charge in [-0.3, -0.25) is 4.79 Å². The first kappa shape index (κ1) is 22.6. The summed E-state index contributed by atoms with van der Waals surface area (Å²) >= 11 is 0. The predicted molar refractivity (Wildman–Crippen MR) is 127 cm³/mol. The summed E-state index contributed by atoms with van der Waals surface area (Å²) in [6.45, 7) is 4.45. The molecule has 7 heteroatoms. The molecule has 32 heavy (non-hydrogen) atoms. The highest BCUT2D eigenvalue weighted by atomic mass is 32.2. The zero-order chi connectivity index (χ0) is 22.6. The van der Waals surface area contributed by atoms with Crippen LogP contribution in [0.4, 0.5) is 0 Å². The highest BCUT2D eigenvalue weighted by Crippen LogP contribution is 2.25. The van der Waals surface area contributed by atoms with Gasteiger partial charge in [0.25, 0.3) is 0 Å². The van der Waals surface area contributed by atoms with Crippen molar-refractivity contribution < 1.29 is 13.2 Å². The van der Waals surface area contributed by atoms with Crippen LogP contribution in [0.15, 0.2) is 59.6 Å². The Morgan fingerprint density at radius 2 is 1.81 bits per heavy atom. The maximum atomic E-state index is 12.9. The molecule has 1 aliphatic rings. The quantitative estimate of drug-likeness (QED) is 0.563. The minimum absolute atomic E-state index is 0.0183. The zero-order valence-corrected chi connectivity index (χ0v) is 19.4. The van der Waals surface area contributed by atoms with Crippen molar-refractivity contribution in [2.45, 2.75) is 50.5 Å². The van der Waals surface area contributed by atoms with Gasteiger partial charge in [0.2, 0.25) is 15.9 Å². The number of rotatable bonds is 8. The van der Waals surface area contributed by atoms with Crippen LogP contribution in [0.3, 0.4) is 0 Å². The molecule has 2 heterocycles. The molecule has 1 fully saturated rings. The molecule has 2 aromatic carbocycles. The van der Waals surface area contributed by atoms with Crippen molar-refractivity contribution >= 4 is 26.8 Å². The Hall–Kier alpha value is -2.64. The number of carbonyl (C=O) groups is 1. The molecule has 1 aromatic heterocycles. The average molecular weight is 454 g/mol. The van der Waals surface area contributed by atoms with Crippen LogP contribution >= 0.6 is 0 Å². The van der Waals surface area contributed by atoms with Crippen LogP contribution in [0.2, 0.25) is 0 Å². The second-order valence-corrected chi connectivity index (χ2v) is 10.4. The van der Waals surface area contributed by atoms with Crippen LogP contribution in [0.1, 0.15) is 36.8 Å². The zero-order valence-electron chi connectivity index (χ0n) is 18.6. The predicted octanol–water partition coefficient (Wildman–Crippen LogP) is 3.87. The number of nitrogens with zero attached hydrogens (tertiary/aromatic N) is 2. The summed E-state index contributed by atoms with van der Waals surface area (Å²) < 4.78 is 29.5. The van der Waals surface area contributed by atoms with Crippen molar-refractivity contribution in [1.29, 1.82) is 0 Å². The van der Waals surface area contributed by atoms with Crippen LogP contribution in [0, 0.1) is 6.92 Å². The van der Waals surface area contributed by atoms with E-state index in [2.05, 4.69) is 24.4 Å². The van der Waals surface area contributed by atoms with Gasteiger partial charge in [0.15, 0.2) is 0 Å². The number of fused-ring (bicyclic) bond motifs is 1. The molecule has 1 amide bonds. The first-order valence-electron chi connectivity index (χ1n) is 11.4. The Kier molecular flexibility index (Phi) is 6.96. The van der Waals surface area contributed by atoms with Gasteiger partial charge in [0.1, 0.15) is 0 Å². The van der Waals surface area contributed by atoms with Gasteiger partial charge >= 0.3 is 0 Å². The Balaban J connectivity index is 1.35. The van der Waals surface area contributed by atoms with E-state index in [1.807, 2.05) is 35.0 Å². The number of carbonyl (C=O) groups excluding carboxylic acids is 1. The Morgan fingerprint density at radius 1 is 1.03 bits per heavy atom. The van der Waals surface area contributed by atoms with Gasteiger partial charge in [-0.2, -0.15) is 4.31 Å². The van der Waals surface area contributed by atoms with Gasteiger partial charge < -0.3 is 9.88 Å². The van der Waals surface area contributed by atoms with E-state index in [0.717, 1.165) is 36.6 Å². The number of hydrogen-bond acceptors (Lipinski definition) is 3. The van der Waals surface area contributed by atoms with Crippen LogP contribution < -0.4 is 5.32 Å². The highest BCUT2D eigenvalue weighted by molar-refractivity contribution is 7.89. The molecule has 0 radical (unpaired) electrons. The standard InChI is InChI=1S/C25H31N3O3S/c1-20-7-3-4-8-21(20)11-14-26-25(29)13-18-27-17-12-22-19-23(9-10-24(22)27)32(30,31)28-15-5-2-6-16-28/h3-4,7-10,12,17,19H,2,5-6,11,13-16,18H2,1H3,(H,26,29). The van der Waals surface area contributed by atoms with E-state index in [1.54, 1.807) is 16.4 Å². The van der Waals surface area contributed by atoms with E-state index >= 15 is 0 Å². The number of nitrogens with one attached hydrogen (secondary N) is 1. The van der Waals surface area contributed by atoms with E-state index in [-0.39, 0.29) is 5.91 Å². The Morgan fingerprint density at radius 3 is 2.59 bits per heavy atom. The van der Waals surface area contributed by atoms with Crippen LogP contribution in [-0.4, -0.2) is 42.8 Å². The summed E-state index contributed by atoms with van der Waals surface area (Å²) in [5.41, 5.74) is 3.43. The maximum Gasteiger partial charge on any atom is 0.243 e. The van der Waals surface area contributed by atoms with Gasteiger partial charge in [0, 0.05) is 49.7 Å². The summed E-state index contributed by atoms with van der Waals surface area (Å²) in [6, 6.07) is 15.4. The normalized spacial score (nSPS) is 15.2. The van der Waals surface area contributed by atoms with Gasteiger partial charge in [0.05, 0.1) is 4.90 Å². The topological polar surface area (TPSA) is 71.4 Å². The molecule has 0 spiro atoms. The summed E-state index contributed by atoms with van der Waals surface area (Å²) in [5, 5.41) is 3.87. The van der Waals surface area contributed by atoms with Gasteiger partial charge in [-0.1, -0.05) is 30.7 Å². The lowest BCUT2D eigenvalue weighted by molar-refractivity contribution is -0.121. The molecule has 4 rings (SSSR count). The molecule has 1 saturated heterocycles. The summed E-state index contributed by atoms with van der Waals surface area (Å²) in [6.07, 6.45) is 6.05. The third kappa shape index (κ3) is 5.05. The minimum Gasteiger partial charge on any atom is -0.356 e. The Bertz CT molecular complexity index is 1190. The van der Waals surface area contributed by atoms with Crippen LogP contribution in [0.25, 0.3) is 10.9 Å². The molecule has 1 N–H and O–H groups in total. The van der Waals surface area contributed by atoms with Crippen molar-refractivity contribution in [3.05, 3.63) is 65.9 Å². The summed E-state index contributed by atoms with van der Waals surface area (Å²) in [7, 11) is -3.45. The second-order valence-electron chi connectivity index (χ2n) is 8.47. The molecule has 0 atom stereocenters. The first-order valence-corrected chi connectivity index (χ1v) is 12.8. The number of hydrogen-bond donors (Lipinski definition) is 1. The van der Waals surface area contributed by atoms with Crippen molar-refractivity contribution in [1.82, 2.24) is 14.2 Å². The van der Waals surface area contributed by atoms with Crippen molar-refractivity contribution in [3.8, 4) is 0 Å². The van der Waals surface area contributed by atoms with Crippen LogP contribution in [0.5, 0.6) is 0 Å². The summed E-state index contributed by atoms with van der Waals surface area (Å²) in [5.74, 6) is 0.0183. The van der Waals surface area contributed by atoms with Crippen molar-refractivity contribution in [2.24, 2.45) is 0 Å². The average Bonchev–Trinajstić information content (AvgIpc) is 3.22. The fourth-order valence-electron chi connectivity index (χ4n) is 4.33. The number of aromatic nitrogens is 1. The fraction of sp³-hybridized carbons (Fsp3) is 0.400.